The van der Waals surface area contributed by atoms with Crippen molar-refractivity contribution in [1.82, 2.24) is 15.5 Å². The third-order valence-corrected chi connectivity index (χ3v) is 4.80. The maximum absolute atomic E-state index is 5.82. The number of rotatable bonds is 11. The van der Waals surface area contributed by atoms with Crippen LogP contribution in [0.3, 0.4) is 0 Å². The van der Waals surface area contributed by atoms with E-state index in [1.54, 1.807) is 14.2 Å². The Hall–Kier alpha value is -1.67. The lowest BCUT2D eigenvalue weighted by atomic mass is 10.1. The van der Waals surface area contributed by atoms with Crippen LogP contribution in [0.1, 0.15) is 31.4 Å². The number of hydrogen-bond donors (Lipinski definition) is 2. The average Bonchev–Trinajstić information content (AvgIpc) is 2.70. The van der Waals surface area contributed by atoms with Gasteiger partial charge in [0.1, 0.15) is 0 Å². The molecule has 0 amide bonds. The van der Waals surface area contributed by atoms with Crippen LogP contribution >= 0.6 is 0 Å². The van der Waals surface area contributed by atoms with Crippen LogP contribution in [0.5, 0.6) is 0 Å². The first kappa shape index (κ1) is 23.6. The monoisotopic (exact) mass is 406 g/mol. The number of methoxy groups -OCH3 is 1. The molecule has 0 saturated carbocycles. The van der Waals surface area contributed by atoms with Gasteiger partial charge in [0, 0.05) is 53.5 Å². The lowest BCUT2D eigenvalue weighted by molar-refractivity contribution is -0.0704. The van der Waals surface area contributed by atoms with E-state index in [-0.39, 0.29) is 0 Å². The molecule has 0 spiro atoms. The molecule has 1 aromatic carbocycles. The van der Waals surface area contributed by atoms with Gasteiger partial charge in [-0.05, 0) is 31.4 Å². The molecule has 2 rings (SSSR count). The van der Waals surface area contributed by atoms with Gasteiger partial charge in [0.2, 0.25) is 0 Å². The molecule has 0 aromatic heterocycles. The Bertz CT molecular complexity index is 584. The van der Waals surface area contributed by atoms with Gasteiger partial charge in [0.05, 0.1) is 25.4 Å². The molecule has 164 valence electrons. The summed E-state index contributed by atoms with van der Waals surface area (Å²) in [7, 11) is 3.47. The molecule has 2 N–H and O–H groups in total. The fraction of sp³-hybridized carbons (Fsp3) is 0.682. The van der Waals surface area contributed by atoms with Crippen LogP contribution < -0.4 is 10.6 Å². The second-order valence-corrected chi connectivity index (χ2v) is 7.58. The fourth-order valence-corrected chi connectivity index (χ4v) is 3.47. The molecule has 7 heteroatoms. The van der Waals surface area contributed by atoms with Gasteiger partial charge in [-0.1, -0.05) is 24.3 Å². The van der Waals surface area contributed by atoms with Crippen LogP contribution in [0.4, 0.5) is 0 Å². The van der Waals surface area contributed by atoms with Crippen molar-refractivity contribution in [2.45, 2.75) is 45.6 Å². The van der Waals surface area contributed by atoms with Gasteiger partial charge in [-0.15, -0.1) is 0 Å². The van der Waals surface area contributed by atoms with Crippen LogP contribution in [0.2, 0.25) is 0 Å². The third kappa shape index (κ3) is 9.58. The number of nitrogens with one attached hydrogen (secondary N) is 2. The summed E-state index contributed by atoms with van der Waals surface area (Å²) in [6, 6.07) is 8.81. The third-order valence-electron chi connectivity index (χ3n) is 4.80. The zero-order chi connectivity index (χ0) is 20.9. The van der Waals surface area contributed by atoms with E-state index < -0.39 is 0 Å². The number of benzene rings is 1. The van der Waals surface area contributed by atoms with E-state index in [9.17, 15) is 0 Å². The van der Waals surface area contributed by atoms with E-state index in [1.807, 2.05) is 0 Å². The number of nitrogens with zero attached hydrogens (tertiary/aromatic N) is 2. The second-order valence-electron chi connectivity index (χ2n) is 7.58. The normalized spacial score (nSPS) is 20.6. The van der Waals surface area contributed by atoms with Crippen molar-refractivity contribution in [3.63, 3.8) is 0 Å². The first-order valence-corrected chi connectivity index (χ1v) is 10.6. The van der Waals surface area contributed by atoms with Gasteiger partial charge < -0.3 is 24.8 Å². The molecule has 0 radical (unpaired) electrons. The number of guanidine groups is 1. The lowest BCUT2D eigenvalue weighted by Gasteiger charge is -2.35. The molecular weight excluding hydrogens is 368 g/mol. The van der Waals surface area contributed by atoms with E-state index in [0.717, 1.165) is 51.7 Å². The number of morpholine rings is 1. The predicted molar refractivity (Wildman–Crippen MR) is 117 cm³/mol. The maximum Gasteiger partial charge on any atom is 0.191 e. The highest BCUT2D eigenvalue weighted by molar-refractivity contribution is 5.79. The van der Waals surface area contributed by atoms with Gasteiger partial charge in [-0.3, -0.25) is 9.89 Å². The zero-order valence-corrected chi connectivity index (χ0v) is 18.4. The Morgan fingerprint density at radius 2 is 1.76 bits per heavy atom. The Morgan fingerprint density at radius 1 is 1.07 bits per heavy atom. The van der Waals surface area contributed by atoms with Crippen molar-refractivity contribution in [2.24, 2.45) is 4.99 Å². The first-order valence-electron chi connectivity index (χ1n) is 10.6. The van der Waals surface area contributed by atoms with Gasteiger partial charge >= 0.3 is 0 Å². The summed E-state index contributed by atoms with van der Waals surface area (Å²) < 4.78 is 16.2. The highest BCUT2D eigenvalue weighted by Crippen LogP contribution is 2.14. The Balaban J connectivity index is 1.66. The van der Waals surface area contributed by atoms with Crippen molar-refractivity contribution >= 4 is 5.96 Å². The van der Waals surface area contributed by atoms with Crippen LogP contribution in [-0.2, 0) is 27.3 Å². The van der Waals surface area contributed by atoms with Crippen LogP contribution in [-0.4, -0.2) is 76.7 Å². The van der Waals surface area contributed by atoms with Crippen LogP contribution in [0.15, 0.2) is 29.3 Å². The average molecular weight is 407 g/mol. The van der Waals surface area contributed by atoms with E-state index in [1.165, 1.54) is 11.1 Å². The van der Waals surface area contributed by atoms with E-state index in [4.69, 9.17) is 14.2 Å². The molecule has 7 nitrogen and oxygen atoms in total. The highest BCUT2D eigenvalue weighted by Gasteiger charge is 2.21. The van der Waals surface area contributed by atoms with Crippen LogP contribution in [0.25, 0.3) is 0 Å². The van der Waals surface area contributed by atoms with E-state index in [0.29, 0.717) is 25.4 Å². The van der Waals surface area contributed by atoms with Crippen LogP contribution in [0, 0.1) is 0 Å². The summed E-state index contributed by atoms with van der Waals surface area (Å²) in [5.41, 5.74) is 2.58. The fourth-order valence-electron chi connectivity index (χ4n) is 3.47. The molecule has 1 fully saturated rings. The molecule has 2 atom stereocenters. The summed E-state index contributed by atoms with van der Waals surface area (Å²) in [5, 5.41) is 6.67. The van der Waals surface area contributed by atoms with Crippen molar-refractivity contribution in [3.05, 3.63) is 35.4 Å². The summed E-state index contributed by atoms with van der Waals surface area (Å²) in [4.78, 5) is 6.74. The Labute approximate surface area is 175 Å². The van der Waals surface area contributed by atoms with E-state index >= 15 is 0 Å². The number of aliphatic imine (C=N–C) groups is 1. The van der Waals surface area contributed by atoms with Crippen molar-refractivity contribution in [2.75, 3.05) is 53.6 Å². The molecule has 29 heavy (non-hydrogen) atoms. The molecular formula is C22H38N4O3. The summed E-state index contributed by atoms with van der Waals surface area (Å²) in [6.45, 7) is 10.8. The molecule has 0 bridgehead atoms. The highest BCUT2D eigenvalue weighted by atomic mass is 16.5. The van der Waals surface area contributed by atoms with Gasteiger partial charge in [0.25, 0.3) is 0 Å². The maximum atomic E-state index is 5.82. The molecule has 1 aromatic rings. The minimum absolute atomic E-state index is 0.304. The Kier molecular flexibility index (Phi) is 11.0. The molecule has 1 aliphatic rings. The molecule has 2 unspecified atom stereocenters. The van der Waals surface area contributed by atoms with E-state index in [2.05, 4.69) is 58.6 Å². The second kappa shape index (κ2) is 13.5. The molecule has 1 heterocycles. The molecule has 1 saturated heterocycles. The summed E-state index contributed by atoms with van der Waals surface area (Å²) >= 11 is 0. The van der Waals surface area contributed by atoms with Crippen molar-refractivity contribution in [1.29, 1.82) is 0 Å². The minimum Gasteiger partial charge on any atom is -0.382 e. The standard InChI is InChI=1S/C22H38N4O3/c1-18-15-26(16-19(2)29-18)17-21-8-6-20(7-9-21)14-25-22(23-3)24-10-5-11-28-13-12-27-4/h6-9,18-19H,5,10-17H2,1-4H3,(H2,23,24,25). The topological polar surface area (TPSA) is 67.4 Å². The summed E-state index contributed by atoms with van der Waals surface area (Å²) in [5.74, 6) is 0.808. The smallest absolute Gasteiger partial charge is 0.191 e. The zero-order valence-electron chi connectivity index (χ0n) is 18.4. The van der Waals surface area contributed by atoms with Crippen molar-refractivity contribution < 1.29 is 14.2 Å². The first-order chi connectivity index (χ1) is 14.1. The number of hydrogen-bond acceptors (Lipinski definition) is 5. The minimum atomic E-state index is 0.304. The molecule has 1 aliphatic heterocycles. The SMILES string of the molecule is CN=C(NCCCOCCOC)NCc1ccc(CN2CC(C)OC(C)C2)cc1. The predicted octanol–water partition coefficient (Wildman–Crippen LogP) is 2.01. The number of ether oxygens (including phenoxy) is 3. The summed E-state index contributed by atoms with van der Waals surface area (Å²) in [6.07, 6.45) is 1.54. The van der Waals surface area contributed by atoms with Crippen molar-refractivity contribution in [3.8, 4) is 0 Å². The lowest BCUT2D eigenvalue weighted by Crippen LogP contribution is -2.44. The largest absolute Gasteiger partial charge is 0.382 e. The van der Waals surface area contributed by atoms with Gasteiger partial charge in [-0.2, -0.15) is 0 Å². The van der Waals surface area contributed by atoms with Gasteiger partial charge in [-0.25, -0.2) is 0 Å². The molecule has 0 aliphatic carbocycles. The van der Waals surface area contributed by atoms with Gasteiger partial charge in [0.15, 0.2) is 5.96 Å². The quantitative estimate of drug-likeness (QED) is 0.333. The Morgan fingerprint density at radius 3 is 2.41 bits per heavy atom.